The number of aromatic nitrogens is 3. The molecule has 0 saturated carbocycles. The van der Waals surface area contributed by atoms with Crippen molar-refractivity contribution < 1.29 is 9.13 Å². The molecule has 3 heterocycles. The highest BCUT2D eigenvalue weighted by Gasteiger charge is 2.15. The van der Waals surface area contributed by atoms with Gasteiger partial charge < -0.3 is 14.6 Å². The fourth-order valence-electron chi connectivity index (χ4n) is 3.30. The fourth-order valence-corrected chi connectivity index (χ4v) is 3.30. The fraction of sp³-hybridized carbons (Fsp3) is 0.368. The third kappa shape index (κ3) is 3.27. The van der Waals surface area contributed by atoms with Gasteiger partial charge in [-0.15, -0.1) is 0 Å². The molecule has 1 N–H and O–H groups in total. The Balaban J connectivity index is 1.56. The summed E-state index contributed by atoms with van der Waals surface area (Å²) in [7, 11) is 1.92. The van der Waals surface area contributed by atoms with Gasteiger partial charge in [0.05, 0.1) is 11.2 Å². The average Bonchev–Trinajstić information content (AvgIpc) is 2.94. The van der Waals surface area contributed by atoms with Gasteiger partial charge in [0.25, 0.3) is 0 Å². The number of nitrogens with one attached hydrogen (secondary N) is 1. The molecule has 3 aromatic rings. The third-order valence-corrected chi connectivity index (χ3v) is 4.87. The van der Waals surface area contributed by atoms with Gasteiger partial charge in [0.1, 0.15) is 6.33 Å². The van der Waals surface area contributed by atoms with Crippen molar-refractivity contribution in [2.45, 2.75) is 13.5 Å². The van der Waals surface area contributed by atoms with E-state index in [1.165, 1.54) is 6.33 Å². The van der Waals surface area contributed by atoms with Gasteiger partial charge in [-0.3, -0.25) is 4.90 Å². The number of benzene rings is 1. The molecule has 1 saturated heterocycles. The highest BCUT2D eigenvalue weighted by molar-refractivity contribution is 5.83. The summed E-state index contributed by atoms with van der Waals surface area (Å²) in [6.45, 7) is 6.62. The molecule has 1 aromatic carbocycles. The van der Waals surface area contributed by atoms with Crippen molar-refractivity contribution in [2.24, 2.45) is 7.05 Å². The molecule has 1 aliphatic heterocycles. The molecule has 26 heavy (non-hydrogen) atoms. The second-order valence-corrected chi connectivity index (χ2v) is 6.63. The molecule has 0 aliphatic carbocycles. The first-order valence-corrected chi connectivity index (χ1v) is 8.78. The first kappa shape index (κ1) is 16.9. The van der Waals surface area contributed by atoms with Crippen molar-refractivity contribution >= 4 is 10.9 Å². The number of halogens is 1. The molecule has 0 bridgehead atoms. The van der Waals surface area contributed by atoms with Crippen LogP contribution in [0.4, 0.5) is 4.39 Å². The van der Waals surface area contributed by atoms with Crippen LogP contribution in [0.5, 0.6) is 11.6 Å². The SMILES string of the molecule is Cc1cc2c(F)c(Oc3cc(CN4CCNCC4)ncn3)ccc2n1C. The predicted molar refractivity (Wildman–Crippen MR) is 97.9 cm³/mol. The zero-order valence-corrected chi connectivity index (χ0v) is 15.0. The number of aryl methyl sites for hydroxylation is 2. The van der Waals surface area contributed by atoms with Crippen molar-refractivity contribution in [1.82, 2.24) is 24.8 Å². The van der Waals surface area contributed by atoms with Crippen LogP contribution >= 0.6 is 0 Å². The molecule has 0 unspecified atom stereocenters. The van der Waals surface area contributed by atoms with Crippen LogP contribution in [0, 0.1) is 12.7 Å². The largest absolute Gasteiger partial charge is 0.436 e. The summed E-state index contributed by atoms with van der Waals surface area (Å²) < 4.78 is 22.5. The van der Waals surface area contributed by atoms with Gasteiger partial charge in [-0.2, -0.15) is 0 Å². The van der Waals surface area contributed by atoms with E-state index in [-0.39, 0.29) is 11.6 Å². The van der Waals surface area contributed by atoms with E-state index < -0.39 is 0 Å². The van der Waals surface area contributed by atoms with Gasteiger partial charge in [-0.25, -0.2) is 14.4 Å². The Labute approximate surface area is 151 Å². The molecule has 4 rings (SSSR count). The van der Waals surface area contributed by atoms with Gasteiger partial charge >= 0.3 is 0 Å². The Morgan fingerprint density at radius 3 is 2.81 bits per heavy atom. The number of hydrogen-bond donors (Lipinski definition) is 1. The lowest BCUT2D eigenvalue weighted by molar-refractivity contribution is 0.230. The van der Waals surface area contributed by atoms with Crippen LogP contribution in [-0.2, 0) is 13.6 Å². The second-order valence-electron chi connectivity index (χ2n) is 6.63. The lowest BCUT2D eigenvalue weighted by Crippen LogP contribution is -2.43. The molecule has 0 spiro atoms. The normalized spacial score (nSPS) is 15.5. The summed E-state index contributed by atoms with van der Waals surface area (Å²) in [5.74, 6) is 0.166. The quantitative estimate of drug-likeness (QED) is 0.780. The molecule has 7 heteroatoms. The Bertz CT molecular complexity index is 933. The van der Waals surface area contributed by atoms with Gasteiger partial charge in [-0.05, 0) is 25.1 Å². The molecule has 0 radical (unpaired) electrons. The van der Waals surface area contributed by atoms with E-state index in [2.05, 4.69) is 20.2 Å². The van der Waals surface area contributed by atoms with Crippen molar-refractivity contribution in [3.05, 3.63) is 47.8 Å². The van der Waals surface area contributed by atoms with Crippen molar-refractivity contribution in [3.8, 4) is 11.6 Å². The number of hydrogen-bond acceptors (Lipinski definition) is 5. The second kappa shape index (κ2) is 7.01. The maximum Gasteiger partial charge on any atom is 0.222 e. The zero-order chi connectivity index (χ0) is 18.1. The van der Waals surface area contributed by atoms with Gasteiger partial charge in [-0.1, -0.05) is 0 Å². The highest BCUT2D eigenvalue weighted by Crippen LogP contribution is 2.31. The molecule has 6 nitrogen and oxygen atoms in total. The summed E-state index contributed by atoms with van der Waals surface area (Å²) in [4.78, 5) is 10.8. The minimum absolute atomic E-state index is 0.176. The Kier molecular flexibility index (Phi) is 4.57. The molecule has 1 fully saturated rings. The van der Waals surface area contributed by atoms with Crippen molar-refractivity contribution in [2.75, 3.05) is 26.2 Å². The monoisotopic (exact) mass is 355 g/mol. The van der Waals surface area contributed by atoms with Crippen LogP contribution in [0.1, 0.15) is 11.4 Å². The molecule has 2 aromatic heterocycles. The average molecular weight is 355 g/mol. The molecule has 136 valence electrons. The molecule has 0 amide bonds. The minimum Gasteiger partial charge on any atom is -0.436 e. The summed E-state index contributed by atoms with van der Waals surface area (Å²) >= 11 is 0. The summed E-state index contributed by atoms with van der Waals surface area (Å²) in [5, 5.41) is 3.88. The van der Waals surface area contributed by atoms with Crippen LogP contribution in [0.3, 0.4) is 0 Å². The van der Waals surface area contributed by atoms with E-state index >= 15 is 0 Å². The lowest BCUT2D eigenvalue weighted by Gasteiger charge is -2.26. The Morgan fingerprint density at radius 2 is 2.00 bits per heavy atom. The maximum absolute atomic E-state index is 14.8. The van der Waals surface area contributed by atoms with Crippen molar-refractivity contribution in [1.29, 1.82) is 0 Å². The van der Waals surface area contributed by atoms with Crippen LogP contribution in [0.25, 0.3) is 10.9 Å². The zero-order valence-electron chi connectivity index (χ0n) is 15.0. The molecule has 1 aliphatic rings. The first-order valence-electron chi connectivity index (χ1n) is 8.78. The van der Waals surface area contributed by atoms with Gasteiger partial charge in [0.2, 0.25) is 5.88 Å². The molecular weight excluding hydrogens is 333 g/mol. The van der Waals surface area contributed by atoms with E-state index in [0.29, 0.717) is 11.3 Å². The number of rotatable bonds is 4. The number of piperazine rings is 1. The van der Waals surface area contributed by atoms with Gasteiger partial charge in [0.15, 0.2) is 11.6 Å². The Hall–Kier alpha value is -2.51. The van der Waals surface area contributed by atoms with E-state index in [4.69, 9.17) is 4.74 Å². The summed E-state index contributed by atoms with van der Waals surface area (Å²) in [5.41, 5.74) is 2.71. The van der Waals surface area contributed by atoms with E-state index in [0.717, 1.165) is 49.6 Å². The van der Waals surface area contributed by atoms with E-state index in [1.807, 2.05) is 30.7 Å². The summed E-state index contributed by atoms with van der Waals surface area (Å²) in [6.07, 6.45) is 1.47. The van der Waals surface area contributed by atoms with Crippen LogP contribution < -0.4 is 10.1 Å². The summed E-state index contributed by atoms with van der Waals surface area (Å²) in [6, 6.07) is 7.12. The molecular formula is C19H22FN5O. The van der Waals surface area contributed by atoms with Crippen molar-refractivity contribution in [3.63, 3.8) is 0 Å². The van der Waals surface area contributed by atoms with Crippen LogP contribution in [-0.4, -0.2) is 45.6 Å². The Morgan fingerprint density at radius 1 is 1.19 bits per heavy atom. The van der Waals surface area contributed by atoms with E-state index in [9.17, 15) is 4.39 Å². The maximum atomic E-state index is 14.8. The van der Waals surface area contributed by atoms with Gasteiger partial charge in [0, 0.05) is 56.9 Å². The predicted octanol–water partition coefficient (Wildman–Crippen LogP) is 2.61. The number of fused-ring (bicyclic) bond motifs is 1. The number of ether oxygens (including phenoxy) is 1. The van der Waals surface area contributed by atoms with Crippen LogP contribution in [0.2, 0.25) is 0 Å². The highest BCUT2D eigenvalue weighted by atomic mass is 19.1. The lowest BCUT2D eigenvalue weighted by atomic mass is 10.2. The van der Waals surface area contributed by atoms with E-state index in [1.54, 1.807) is 12.1 Å². The smallest absolute Gasteiger partial charge is 0.222 e. The molecule has 0 atom stereocenters. The third-order valence-electron chi connectivity index (χ3n) is 4.87. The standard InChI is InChI=1S/C19H22FN5O/c1-13-9-15-16(24(13)2)3-4-17(19(15)20)26-18-10-14(22-12-23-18)11-25-7-5-21-6-8-25/h3-4,9-10,12,21H,5-8,11H2,1-2H3. The minimum atomic E-state index is -0.367. The number of nitrogens with zero attached hydrogens (tertiary/aromatic N) is 4. The van der Waals surface area contributed by atoms with Crippen LogP contribution in [0.15, 0.2) is 30.6 Å². The topological polar surface area (TPSA) is 55.2 Å². The first-order chi connectivity index (χ1) is 12.6.